The number of furan rings is 1. The molecule has 1 aliphatic rings. The third-order valence-electron chi connectivity index (χ3n) is 5.45. The lowest BCUT2D eigenvalue weighted by molar-refractivity contribution is -0.158. The number of carbonyl (C=O) groups is 2. The van der Waals surface area contributed by atoms with Gasteiger partial charge in [0.15, 0.2) is 17.4 Å². The molecule has 0 radical (unpaired) electrons. The maximum atomic E-state index is 14.0. The molecule has 3 aromatic rings. The highest BCUT2D eigenvalue weighted by Crippen LogP contribution is 2.39. The standard InChI is InChI=1S/C21H19F5N6O3/c1-9-5-27-15(33)8-32(9)19-28-6-12(7-29-19)30-20(34)31-18(21(24,25)26)16-10(2)13-3-11(22)4-14(23)17(13)35-16/h3-4,6-7,9,18H,5,8H2,1-2H3,(H,27,33)(H2,30,31,34)/t9-,18+/m1/s1. The molecule has 0 aliphatic carbocycles. The van der Waals surface area contributed by atoms with Gasteiger partial charge in [0.1, 0.15) is 18.1 Å². The lowest BCUT2D eigenvalue weighted by Crippen LogP contribution is -2.53. The van der Waals surface area contributed by atoms with Crippen LogP contribution >= 0.6 is 0 Å². The van der Waals surface area contributed by atoms with E-state index < -0.39 is 41.2 Å². The van der Waals surface area contributed by atoms with Gasteiger partial charge in [0.05, 0.1) is 18.1 Å². The zero-order valence-electron chi connectivity index (χ0n) is 18.3. The summed E-state index contributed by atoms with van der Waals surface area (Å²) in [6, 6.07) is -2.67. The van der Waals surface area contributed by atoms with Gasteiger partial charge in [0.2, 0.25) is 11.9 Å². The summed E-state index contributed by atoms with van der Waals surface area (Å²) in [5.41, 5.74) is -0.746. The first-order valence-corrected chi connectivity index (χ1v) is 10.3. The number of alkyl halides is 3. The van der Waals surface area contributed by atoms with Crippen molar-refractivity contribution < 1.29 is 36.0 Å². The molecule has 1 aliphatic heterocycles. The summed E-state index contributed by atoms with van der Waals surface area (Å²) >= 11 is 0. The molecule has 186 valence electrons. The summed E-state index contributed by atoms with van der Waals surface area (Å²) in [6.07, 6.45) is -2.67. The first-order chi connectivity index (χ1) is 16.4. The Hall–Kier alpha value is -3.97. The maximum Gasteiger partial charge on any atom is 0.416 e. The van der Waals surface area contributed by atoms with Crippen LogP contribution in [0.3, 0.4) is 0 Å². The number of urea groups is 1. The van der Waals surface area contributed by atoms with Crippen LogP contribution in [0, 0.1) is 18.6 Å². The molecule has 14 heteroatoms. The second-order valence-corrected chi connectivity index (χ2v) is 7.98. The number of nitrogens with one attached hydrogen (secondary N) is 3. The Bertz CT molecular complexity index is 1280. The van der Waals surface area contributed by atoms with Gasteiger partial charge in [-0.2, -0.15) is 13.2 Å². The number of halogens is 5. The van der Waals surface area contributed by atoms with E-state index in [4.69, 9.17) is 4.42 Å². The van der Waals surface area contributed by atoms with Crippen LogP contribution in [0.25, 0.3) is 11.0 Å². The molecule has 0 unspecified atom stereocenters. The van der Waals surface area contributed by atoms with Crippen LogP contribution in [0.1, 0.15) is 24.3 Å². The number of anilines is 2. The van der Waals surface area contributed by atoms with E-state index in [-0.39, 0.29) is 41.1 Å². The van der Waals surface area contributed by atoms with Crippen molar-refractivity contribution in [3.63, 3.8) is 0 Å². The van der Waals surface area contributed by atoms with Crippen LogP contribution in [0.2, 0.25) is 0 Å². The van der Waals surface area contributed by atoms with Crippen LogP contribution in [0.5, 0.6) is 0 Å². The van der Waals surface area contributed by atoms with E-state index in [0.717, 1.165) is 6.07 Å². The van der Waals surface area contributed by atoms with Crippen LogP contribution in [-0.2, 0) is 4.79 Å². The number of rotatable bonds is 4. The summed E-state index contributed by atoms with van der Waals surface area (Å²) in [5.74, 6) is -2.94. The number of hydrogen-bond acceptors (Lipinski definition) is 6. The molecule has 1 fully saturated rings. The molecule has 0 saturated carbocycles. The van der Waals surface area contributed by atoms with Gasteiger partial charge in [0.25, 0.3) is 0 Å². The Morgan fingerprint density at radius 1 is 1.26 bits per heavy atom. The largest absolute Gasteiger partial charge is 0.455 e. The number of aromatic nitrogens is 2. The van der Waals surface area contributed by atoms with E-state index in [1.54, 1.807) is 10.2 Å². The monoisotopic (exact) mass is 498 g/mol. The van der Waals surface area contributed by atoms with Crippen LogP contribution < -0.4 is 20.9 Å². The SMILES string of the molecule is Cc1c([C@H](NC(=O)Nc2cnc(N3CC(=O)NC[C@H]3C)nc2)C(F)(F)F)oc2c(F)cc(F)cc12. The number of amides is 3. The Morgan fingerprint density at radius 2 is 1.94 bits per heavy atom. The molecule has 3 amide bonds. The number of benzene rings is 1. The van der Waals surface area contributed by atoms with E-state index in [2.05, 4.69) is 20.6 Å². The van der Waals surface area contributed by atoms with Crippen molar-refractivity contribution in [3.8, 4) is 0 Å². The van der Waals surface area contributed by atoms with Crippen LogP contribution in [-0.4, -0.2) is 47.2 Å². The highest BCUT2D eigenvalue weighted by atomic mass is 19.4. The summed E-state index contributed by atoms with van der Waals surface area (Å²) in [7, 11) is 0. The predicted molar refractivity (Wildman–Crippen MR) is 114 cm³/mol. The fourth-order valence-corrected chi connectivity index (χ4v) is 3.67. The Labute approximate surface area is 194 Å². The van der Waals surface area contributed by atoms with E-state index >= 15 is 0 Å². The Kier molecular flexibility index (Phi) is 6.21. The minimum Gasteiger partial charge on any atom is -0.455 e. The summed E-state index contributed by atoms with van der Waals surface area (Å²) in [4.78, 5) is 33.7. The number of piperazine rings is 1. The normalized spacial score (nSPS) is 17.3. The van der Waals surface area contributed by atoms with Crippen LogP contribution in [0.4, 0.5) is 38.4 Å². The molecule has 9 nitrogen and oxygen atoms in total. The first kappa shape index (κ1) is 24.2. The zero-order chi connectivity index (χ0) is 25.5. The number of fused-ring (bicyclic) bond motifs is 1. The summed E-state index contributed by atoms with van der Waals surface area (Å²) < 4.78 is 74.0. The van der Waals surface area contributed by atoms with Gasteiger partial charge in [-0.1, -0.05) is 0 Å². The molecular formula is C21H19F5N6O3. The minimum atomic E-state index is -5.02. The molecule has 35 heavy (non-hydrogen) atoms. The van der Waals surface area contributed by atoms with E-state index in [0.29, 0.717) is 12.6 Å². The summed E-state index contributed by atoms with van der Waals surface area (Å²) in [5, 5.41) is 6.44. The van der Waals surface area contributed by atoms with Gasteiger partial charge < -0.3 is 25.3 Å². The lowest BCUT2D eigenvalue weighted by Gasteiger charge is -2.33. The fourth-order valence-electron chi connectivity index (χ4n) is 3.67. The molecule has 4 rings (SSSR count). The first-order valence-electron chi connectivity index (χ1n) is 10.3. The van der Waals surface area contributed by atoms with Crippen molar-refractivity contribution in [2.75, 3.05) is 23.3 Å². The van der Waals surface area contributed by atoms with Gasteiger partial charge in [0, 0.05) is 29.6 Å². The van der Waals surface area contributed by atoms with Crippen molar-refractivity contribution >= 4 is 34.5 Å². The van der Waals surface area contributed by atoms with Crippen molar-refractivity contribution in [3.05, 3.63) is 47.5 Å². The Balaban J connectivity index is 1.52. The average Bonchev–Trinajstić information content (AvgIpc) is 3.10. The van der Waals surface area contributed by atoms with Gasteiger partial charge >= 0.3 is 12.2 Å². The molecule has 2 atom stereocenters. The second kappa shape index (κ2) is 9.00. The lowest BCUT2D eigenvalue weighted by atomic mass is 10.1. The van der Waals surface area contributed by atoms with Gasteiger partial charge in [-0.25, -0.2) is 23.5 Å². The average molecular weight is 498 g/mol. The number of nitrogens with zero attached hydrogens (tertiary/aromatic N) is 3. The topological polar surface area (TPSA) is 112 Å². The third-order valence-corrected chi connectivity index (χ3v) is 5.45. The fraction of sp³-hybridized carbons (Fsp3) is 0.333. The highest BCUT2D eigenvalue weighted by molar-refractivity contribution is 5.90. The van der Waals surface area contributed by atoms with E-state index in [1.165, 1.54) is 19.3 Å². The molecule has 1 aromatic carbocycles. The molecule has 3 N–H and O–H groups in total. The molecular weight excluding hydrogens is 479 g/mol. The van der Waals surface area contributed by atoms with Gasteiger partial charge in [-0.05, 0) is 19.9 Å². The molecule has 1 saturated heterocycles. The van der Waals surface area contributed by atoms with E-state index in [1.807, 2.05) is 6.92 Å². The second-order valence-electron chi connectivity index (χ2n) is 7.98. The van der Waals surface area contributed by atoms with Crippen LogP contribution in [0.15, 0.2) is 28.9 Å². The van der Waals surface area contributed by atoms with Gasteiger partial charge in [-0.3, -0.25) is 4.79 Å². The number of aryl methyl sites for hydroxylation is 1. The van der Waals surface area contributed by atoms with Crippen molar-refractivity contribution in [2.24, 2.45) is 0 Å². The Morgan fingerprint density at radius 3 is 2.60 bits per heavy atom. The van der Waals surface area contributed by atoms with E-state index in [9.17, 15) is 31.5 Å². The molecule has 0 bridgehead atoms. The minimum absolute atomic E-state index is 0.0178. The van der Waals surface area contributed by atoms with Crippen molar-refractivity contribution in [2.45, 2.75) is 32.1 Å². The number of carbonyl (C=O) groups excluding carboxylic acids is 2. The quantitative estimate of drug-likeness (QED) is 0.475. The number of hydrogen-bond donors (Lipinski definition) is 3. The summed E-state index contributed by atoms with van der Waals surface area (Å²) in [6.45, 7) is 3.47. The van der Waals surface area contributed by atoms with Gasteiger partial charge in [-0.15, -0.1) is 0 Å². The van der Waals surface area contributed by atoms with Crippen molar-refractivity contribution in [1.29, 1.82) is 0 Å². The predicted octanol–water partition coefficient (Wildman–Crippen LogP) is 3.56. The zero-order valence-corrected chi connectivity index (χ0v) is 18.3. The molecule has 0 spiro atoms. The third kappa shape index (κ3) is 4.95. The highest BCUT2D eigenvalue weighted by Gasteiger charge is 2.45. The van der Waals surface area contributed by atoms with Crippen molar-refractivity contribution in [1.82, 2.24) is 20.6 Å². The molecule has 2 aromatic heterocycles. The smallest absolute Gasteiger partial charge is 0.416 e. The molecule has 3 heterocycles. The maximum absolute atomic E-state index is 14.0.